The molecule has 1 heterocycles. The van der Waals surface area contributed by atoms with Crippen molar-refractivity contribution in [3.63, 3.8) is 0 Å². The van der Waals surface area contributed by atoms with Crippen LogP contribution in [0, 0.1) is 0 Å². The molecule has 0 fully saturated rings. The van der Waals surface area contributed by atoms with E-state index >= 15 is 0 Å². The minimum absolute atomic E-state index is 0.145. The molecule has 0 unspecified atom stereocenters. The van der Waals surface area contributed by atoms with E-state index in [1.54, 1.807) is 11.8 Å². The highest BCUT2D eigenvalue weighted by Gasteiger charge is 2.18. The first-order valence-electron chi connectivity index (χ1n) is 7.68. The van der Waals surface area contributed by atoms with Crippen LogP contribution < -0.4 is 10.1 Å². The molecule has 1 aromatic heterocycles. The topological polar surface area (TPSA) is 69.0 Å². The minimum atomic E-state index is -0.290. The summed E-state index contributed by atoms with van der Waals surface area (Å²) in [4.78, 5) is 16.5. The Bertz CT molecular complexity index is 826. The van der Waals surface area contributed by atoms with Crippen molar-refractivity contribution in [2.75, 3.05) is 13.7 Å². The van der Waals surface area contributed by atoms with Crippen molar-refractivity contribution in [1.82, 2.24) is 20.1 Å². The summed E-state index contributed by atoms with van der Waals surface area (Å²) >= 11 is 0. The van der Waals surface area contributed by atoms with Gasteiger partial charge < -0.3 is 10.1 Å². The van der Waals surface area contributed by atoms with Gasteiger partial charge in [0.1, 0.15) is 5.75 Å². The summed E-state index contributed by atoms with van der Waals surface area (Å²) in [7, 11) is 1.62. The largest absolute Gasteiger partial charge is 0.497 e. The zero-order valence-electron chi connectivity index (χ0n) is 13.6. The molecule has 0 spiro atoms. The second kappa shape index (κ2) is 6.95. The van der Waals surface area contributed by atoms with Gasteiger partial charge >= 0.3 is 0 Å². The molecule has 1 N–H and O–H groups in total. The van der Waals surface area contributed by atoms with Crippen LogP contribution in [-0.4, -0.2) is 34.3 Å². The molecule has 0 bridgehead atoms. The zero-order valence-corrected chi connectivity index (χ0v) is 13.6. The van der Waals surface area contributed by atoms with Gasteiger partial charge in [0.15, 0.2) is 5.82 Å². The second-order valence-corrected chi connectivity index (χ2v) is 5.09. The second-order valence-electron chi connectivity index (χ2n) is 5.09. The highest BCUT2D eigenvalue weighted by atomic mass is 16.5. The molecular formula is C18H18N4O2. The van der Waals surface area contributed by atoms with Gasteiger partial charge in [-0.15, -0.1) is 5.10 Å². The van der Waals surface area contributed by atoms with E-state index in [0.29, 0.717) is 12.4 Å². The van der Waals surface area contributed by atoms with Crippen molar-refractivity contribution < 1.29 is 9.53 Å². The van der Waals surface area contributed by atoms with Crippen LogP contribution in [0.1, 0.15) is 17.5 Å². The highest BCUT2D eigenvalue weighted by molar-refractivity contribution is 5.90. The summed E-state index contributed by atoms with van der Waals surface area (Å²) < 4.78 is 6.85. The van der Waals surface area contributed by atoms with Crippen LogP contribution >= 0.6 is 0 Å². The predicted molar refractivity (Wildman–Crippen MR) is 91.4 cm³/mol. The summed E-state index contributed by atoms with van der Waals surface area (Å²) in [5.41, 5.74) is 1.69. The maximum Gasteiger partial charge on any atom is 0.290 e. The van der Waals surface area contributed by atoms with Crippen LogP contribution in [0.5, 0.6) is 5.75 Å². The molecule has 6 heteroatoms. The van der Waals surface area contributed by atoms with Gasteiger partial charge in [0.05, 0.1) is 12.8 Å². The molecule has 3 rings (SSSR count). The van der Waals surface area contributed by atoms with Gasteiger partial charge in [-0.1, -0.05) is 30.3 Å². The lowest BCUT2D eigenvalue weighted by molar-refractivity contribution is 0.0945. The van der Waals surface area contributed by atoms with Crippen LogP contribution in [0.2, 0.25) is 0 Å². The van der Waals surface area contributed by atoms with Gasteiger partial charge in [-0.05, 0) is 31.2 Å². The van der Waals surface area contributed by atoms with Crippen molar-refractivity contribution in [3.05, 3.63) is 60.4 Å². The predicted octanol–water partition coefficient (Wildman–Crippen LogP) is 2.69. The van der Waals surface area contributed by atoms with Crippen molar-refractivity contribution in [1.29, 1.82) is 0 Å². The Morgan fingerprint density at radius 2 is 1.83 bits per heavy atom. The van der Waals surface area contributed by atoms with Gasteiger partial charge in [0, 0.05) is 12.1 Å². The molecule has 6 nitrogen and oxygen atoms in total. The van der Waals surface area contributed by atoms with Gasteiger partial charge in [-0.2, -0.15) is 0 Å². The fourth-order valence-electron chi connectivity index (χ4n) is 2.33. The lowest BCUT2D eigenvalue weighted by atomic mass is 10.2. The number of ether oxygens (including phenoxy) is 1. The molecular weight excluding hydrogens is 304 g/mol. The van der Waals surface area contributed by atoms with Crippen LogP contribution in [0.4, 0.5) is 0 Å². The normalized spacial score (nSPS) is 10.4. The Labute approximate surface area is 140 Å². The van der Waals surface area contributed by atoms with Crippen molar-refractivity contribution in [2.45, 2.75) is 6.92 Å². The van der Waals surface area contributed by atoms with E-state index < -0.39 is 0 Å². The SMILES string of the molecule is CCNC(=O)c1nc(-c2ccccc2)n(-c2ccc(OC)cc2)n1. The van der Waals surface area contributed by atoms with E-state index in [1.807, 2.05) is 61.5 Å². The third-order valence-electron chi connectivity index (χ3n) is 3.50. The van der Waals surface area contributed by atoms with Gasteiger partial charge in [-0.3, -0.25) is 4.79 Å². The number of rotatable bonds is 5. The van der Waals surface area contributed by atoms with Crippen molar-refractivity contribution in [3.8, 4) is 22.8 Å². The average Bonchev–Trinajstić information content (AvgIpc) is 3.08. The quantitative estimate of drug-likeness (QED) is 0.784. The first kappa shape index (κ1) is 15.7. The van der Waals surface area contributed by atoms with Crippen LogP contribution in [0.15, 0.2) is 54.6 Å². The van der Waals surface area contributed by atoms with Crippen LogP contribution in [0.25, 0.3) is 17.1 Å². The zero-order chi connectivity index (χ0) is 16.9. The van der Waals surface area contributed by atoms with E-state index in [2.05, 4.69) is 15.4 Å². The molecule has 0 radical (unpaired) electrons. The van der Waals surface area contributed by atoms with E-state index in [9.17, 15) is 4.79 Å². The summed E-state index contributed by atoms with van der Waals surface area (Å²) in [6.07, 6.45) is 0. The van der Waals surface area contributed by atoms with Crippen LogP contribution in [0.3, 0.4) is 0 Å². The van der Waals surface area contributed by atoms with Gasteiger partial charge in [-0.25, -0.2) is 9.67 Å². The molecule has 0 atom stereocenters. The minimum Gasteiger partial charge on any atom is -0.497 e. The van der Waals surface area contributed by atoms with E-state index in [0.717, 1.165) is 17.0 Å². The fraction of sp³-hybridized carbons (Fsp3) is 0.167. The highest BCUT2D eigenvalue weighted by Crippen LogP contribution is 2.22. The first-order valence-corrected chi connectivity index (χ1v) is 7.68. The number of amides is 1. The standard InChI is InChI=1S/C18H18N4O2/c1-3-19-18(23)16-20-17(13-7-5-4-6-8-13)22(21-16)14-9-11-15(24-2)12-10-14/h4-12H,3H2,1-2H3,(H,19,23). The Balaban J connectivity index is 2.09. The van der Waals surface area contributed by atoms with Crippen LogP contribution in [-0.2, 0) is 0 Å². The number of nitrogens with zero attached hydrogens (tertiary/aromatic N) is 3. The summed E-state index contributed by atoms with van der Waals surface area (Å²) in [5, 5.41) is 7.11. The Kier molecular flexibility index (Phi) is 4.56. The number of hydrogen-bond donors (Lipinski definition) is 1. The maximum atomic E-state index is 12.1. The monoisotopic (exact) mass is 322 g/mol. The number of carbonyl (C=O) groups excluding carboxylic acids is 1. The Morgan fingerprint density at radius 3 is 2.46 bits per heavy atom. The Morgan fingerprint density at radius 1 is 1.12 bits per heavy atom. The molecule has 0 saturated carbocycles. The summed E-state index contributed by atoms with van der Waals surface area (Å²) in [6, 6.07) is 17.1. The van der Waals surface area contributed by atoms with Gasteiger partial charge in [0.25, 0.3) is 5.91 Å². The molecule has 0 aliphatic carbocycles. The number of nitrogens with one attached hydrogen (secondary N) is 1. The third-order valence-corrected chi connectivity index (χ3v) is 3.50. The lowest BCUT2D eigenvalue weighted by Gasteiger charge is -2.06. The molecule has 0 saturated heterocycles. The molecule has 3 aromatic rings. The molecule has 0 aliphatic heterocycles. The van der Waals surface area contributed by atoms with E-state index in [-0.39, 0.29) is 11.7 Å². The fourth-order valence-corrected chi connectivity index (χ4v) is 2.33. The third kappa shape index (κ3) is 3.12. The summed E-state index contributed by atoms with van der Waals surface area (Å²) in [6.45, 7) is 2.38. The molecule has 122 valence electrons. The first-order chi connectivity index (χ1) is 11.7. The Hall–Kier alpha value is -3.15. The molecule has 0 aliphatic rings. The molecule has 2 aromatic carbocycles. The average molecular weight is 322 g/mol. The summed E-state index contributed by atoms with van der Waals surface area (Å²) in [5.74, 6) is 1.22. The van der Waals surface area contributed by atoms with Gasteiger partial charge in [0.2, 0.25) is 5.82 Å². The lowest BCUT2D eigenvalue weighted by Crippen LogP contribution is -2.24. The number of aromatic nitrogens is 3. The van der Waals surface area contributed by atoms with E-state index in [1.165, 1.54) is 0 Å². The van der Waals surface area contributed by atoms with Crippen molar-refractivity contribution in [2.24, 2.45) is 0 Å². The molecule has 1 amide bonds. The number of carbonyl (C=O) groups is 1. The maximum absolute atomic E-state index is 12.1. The van der Waals surface area contributed by atoms with Crippen molar-refractivity contribution >= 4 is 5.91 Å². The molecule has 24 heavy (non-hydrogen) atoms. The number of methoxy groups -OCH3 is 1. The van der Waals surface area contributed by atoms with E-state index in [4.69, 9.17) is 4.74 Å². The number of hydrogen-bond acceptors (Lipinski definition) is 4. The smallest absolute Gasteiger partial charge is 0.290 e. The number of benzene rings is 2.